The van der Waals surface area contributed by atoms with Gasteiger partial charge in [0.1, 0.15) is 17.7 Å². The summed E-state index contributed by atoms with van der Waals surface area (Å²) in [7, 11) is 0. The minimum Gasteiger partial charge on any atom is -0.346 e. The van der Waals surface area contributed by atoms with Gasteiger partial charge in [-0.3, -0.25) is 33.3 Å². The Hall–Kier alpha value is -5.13. The third-order valence-corrected chi connectivity index (χ3v) is 7.65. The summed E-state index contributed by atoms with van der Waals surface area (Å²) >= 11 is 0. The summed E-state index contributed by atoms with van der Waals surface area (Å²) in [5.41, 5.74) is 0.389. The monoisotopic (exact) mass is 582 g/mol. The average molecular weight is 583 g/mol. The summed E-state index contributed by atoms with van der Waals surface area (Å²) < 4.78 is 4.83. The van der Waals surface area contributed by atoms with Gasteiger partial charge < -0.3 is 9.80 Å². The number of nitrogens with zero attached hydrogens (tertiary/aromatic N) is 6. The van der Waals surface area contributed by atoms with Crippen molar-refractivity contribution in [1.82, 2.24) is 28.7 Å². The minimum absolute atomic E-state index is 0.126. The summed E-state index contributed by atoms with van der Waals surface area (Å²) in [6, 6.07) is 19.0. The van der Waals surface area contributed by atoms with Crippen molar-refractivity contribution in [3.63, 3.8) is 0 Å². The Kier molecular flexibility index (Phi) is 6.91. The van der Waals surface area contributed by atoms with Gasteiger partial charge in [0.2, 0.25) is 0 Å². The van der Waals surface area contributed by atoms with Crippen LogP contribution in [-0.4, -0.2) is 41.9 Å². The van der Waals surface area contributed by atoms with E-state index in [1.54, 1.807) is 9.13 Å². The van der Waals surface area contributed by atoms with Gasteiger partial charge in [0.15, 0.2) is 11.2 Å². The van der Waals surface area contributed by atoms with Crippen molar-refractivity contribution in [2.45, 2.75) is 47.0 Å². The van der Waals surface area contributed by atoms with E-state index in [9.17, 15) is 19.2 Å². The number of H-pyrrole nitrogens is 2. The van der Waals surface area contributed by atoms with Crippen LogP contribution in [0.1, 0.15) is 45.0 Å². The SMILES string of the molecule is CC(N1CN(CC(C)(C)C)c2c1n(Cc1ccccc1)c(=O)[nH]c2=O)n1cnc2c(=O)[nH]c(=O)n(Cc3ccccc3)c21. The number of benzene rings is 2. The van der Waals surface area contributed by atoms with E-state index in [0.29, 0.717) is 30.4 Å². The van der Waals surface area contributed by atoms with Crippen LogP contribution in [-0.2, 0) is 13.1 Å². The van der Waals surface area contributed by atoms with Gasteiger partial charge in [0.05, 0.1) is 26.1 Å². The number of nitrogens with one attached hydrogen (secondary N) is 2. The normalized spacial score (nSPS) is 14.0. The summed E-state index contributed by atoms with van der Waals surface area (Å²) in [5, 5.41) is 0. The maximum absolute atomic E-state index is 13.4. The first-order valence-electron chi connectivity index (χ1n) is 14.2. The molecule has 1 aliphatic heterocycles. The first kappa shape index (κ1) is 28.0. The maximum Gasteiger partial charge on any atom is 0.330 e. The maximum atomic E-state index is 13.4. The third-order valence-electron chi connectivity index (χ3n) is 7.65. The number of hydrogen-bond donors (Lipinski definition) is 2. The van der Waals surface area contributed by atoms with E-state index in [0.717, 1.165) is 11.1 Å². The standard InChI is InChI=1S/C31H34N8O4/c1-20(38-18-32-23-25(40)33-29(42)36(27(23)38)15-21-11-7-5-8-12-21)39-19-35(17-31(2,3)4)24-26(41)34-30(43)37(28(24)39)16-22-13-9-6-10-14-22/h5-14,18,20H,15-17,19H2,1-4H3,(H,33,40,42)(H,34,41,43). The van der Waals surface area contributed by atoms with E-state index >= 15 is 0 Å². The fraction of sp³-hybridized carbons (Fsp3) is 0.323. The van der Waals surface area contributed by atoms with Crippen LogP contribution in [0.4, 0.5) is 11.5 Å². The van der Waals surface area contributed by atoms with Crippen molar-refractivity contribution in [3.05, 3.63) is 120 Å². The molecule has 0 saturated heterocycles. The lowest BCUT2D eigenvalue weighted by Gasteiger charge is -2.31. The molecule has 12 nitrogen and oxygen atoms in total. The van der Waals surface area contributed by atoms with E-state index in [1.165, 1.54) is 10.9 Å². The van der Waals surface area contributed by atoms with Crippen LogP contribution >= 0.6 is 0 Å². The highest BCUT2D eigenvalue weighted by molar-refractivity contribution is 5.74. The van der Waals surface area contributed by atoms with E-state index in [2.05, 4.69) is 35.7 Å². The van der Waals surface area contributed by atoms with Crippen LogP contribution in [0, 0.1) is 5.41 Å². The van der Waals surface area contributed by atoms with Crippen LogP contribution in [0.2, 0.25) is 0 Å². The molecule has 1 unspecified atom stereocenters. The van der Waals surface area contributed by atoms with Gasteiger partial charge in [-0.15, -0.1) is 0 Å². The van der Waals surface area contributed by atoms with E-state index < -0.39 is 28.7 Å². The molecule has 0 fully saturated rings. The zero-order chi connectivity index (χ0) is 30.5. The molecule has 222 valence electrons. The first-order valence-corrected chi connectivity index (χ1v) is 14.2. The van der Waals surface area contributed by atoms with Gasteiger partial charge in [-0.1, -0.05) is 81.4 Å². The molecule has 4 heterocycles. The average Bonchev–Trinajstić information content (AvgIpc) is 3.56. The summed E-state index contributed by atoms with van der Waals surface area (Å²) in [4.78, 5) is 66.0. The van der Waals surface area contributed by atoms with Gasteiger partial charge in [-0.25, -0.2) is 14.6 Å². The smallest absolute Gasteiger partial charge is 0.330 e. The Labute approximate surface area is 246 Å². The zero-order valence-corrected chi connectivity index (χ0v) is 24.6. The second-order valence-electron chi connectivity index (χ2n) is 12.2. The summed E-state index contributed by atoms with van der Waals surface area (Å²) in [6.07, 6.45) is 0.991. The second kappa shape index (κ2) is 10.6. The van der Waals surface area contributed by atoms with E-state index in [4.69, 9.17) is 0 Å². The lowest BCUT2D eigenvalue weighted by molar-refractivity contribution is 0.406. The molecule has 43 heavy (non-hydrogen) atoms. The highest BCUT2D eigenvalue weighted by Gasteiger charge is 2.38. The van der Waals surface area contributed by atoms with Crippen molar-refractivity contribution in [3.8, 4) is 0 Å². The predicted octanol–water partition coefficient (Wildman–Crippen LogP) is 2.68. The van der Waals surface area contributed by atoms with E-state index in [1.807, 2.05) is 77.4 Å². The molecule has 0 saturated carbocycles. The predicted molar refractivity (Wildman–Crippen MR) is 166 cm³/mol. The van der Waals surface area contributed by atoms with Crippen LogP contribution in [0.25, 0.3) is 11.2 Å². The molecule has 1 atom stereocenters. The second-order valence-corrected chi connectivity index (χ2v) is 12.2. The largest absolute Gasteiger partial charge is 0.346 e. The number of aromatic nitrogens is 6. The van der Waals surface area contributed by atoms with Gasteiger partial charge >= 0.3 is 11.4 Å². The van der Waals surface area contributed by atoms with E-state index in [-0.39, 0.29) is 24.0 Å². The van der Waals surface area contributed by atoms with Crippen molar-refractivity contribution in [2.75, 3.05) is 23.0 Å². The van der Waals surface area contributed by atoms with Crippen LogP contribution in [0.5, 0.6) is 0 Å². The number of anilines is 2. The Balaban J connectivity index is 1.54. The molecule has 2 aromatic carbocycles. The fourth-order valence-electron chi connectivity index (χ4n) is 5.79. The Bertz CT molecular complexity index is 2030. The minimum atomic E-state index is -0.580. The molecule has 5 aromatic rings. The molecule has 0 spiro atoms. The zero-order valence-electron chi connectivity index (χ0n) is 24.6. The first-order chi connectivity index (χ1) is 20.5. The lowest BCUT2D eigenvalue weighted by atomic mass is 9.96. The molecular formula is C31H34N8O4. The van der Waals surface area contributed by atoms with Crippen molar-refractivity contribution >= 4 is 22.7 Å². The number of rotatable bonds is 7. The van der Waals surface area contributed by atoms with Gasteiger partial charge in [0.25, 0.3) is 11.1 Å². The number of fused-ring (bicyclic) bond motifs is 2. The topological polar surface area (TPSA) is 134 Å². The number of imidazole rings is 1. The van der Waals surface area contributed by atoms with Crippen LogP contribution < -0.4 is 32.3 Å². The van der Waals surface area contributed by atoms with Crippen molar-refractivity contribution in [1.29, 1.82) is 0 Å². The highest BCUT2D eigenvalue weighted by atomic mass is 16.2. The van der Waals surface area contributed by atoms with Gasteiger partial charge in [0, 0.05) is 6.54 Å². The van der Waals surface area contributed by atoms with Gasteiger partial charge in [-0.05, 0) is 23.5 Å². The molecular weight excluding hydrogens is 548 g/mol. The molecule has 0 radical (unpaired) electrons. The highest BCUT2D eigenvalue weighted by Crippen LogP contribution is 2.38. The van der Waals surface area contributed by atoms with Crippen molar-refractivity contribution in [2.24, 2.45) is 5.41 Å². The Morgan fingerprint density at radius 2 is 1.37 bits per heavy atom. The quantitative estimate of drug-likeness (QED) is 0.301. The molecule has 3 aromatic heterocycles. The fourth-order valence-corrected chi connectivity index (χ4v) is 5.79. The molecule has 0 amide bonds. The van der Waals surface area contributed by atoms with Crippen LogP contribution in [0.3, 0.4) is 0 Å². The molecule has 0 bridgehead atoms. The molecule has 6 rings (SSSR count). The summed E-state index contributed by atoms with van der Waals surface area (Å²) in [5.74, 6) is 0.470. The molecule has 0 aliphatic carbocycles. The molecule has 12 heteroatoms. The van der Waals surface area contributed by atoms with Crippen LogP contribution in [0.15, 0.2) is 86.2 Å². The number of aromatic amines is 2. The molecule has 1 aliphatic rings. The van der Waals surface area contributed by atoms with Gasteiger partial charge in [-0.2, -0.15) is 0 Å². The Morgan fingerprint density at radius 1 is 0.814 bits per heavy atom. The summed E-state index contributed by atoms with van der Waals surface area (Å²) in [6.45, 7) is 9.49. The third kappa shape index (κ3) is 5.20. The molecule has 2 N–H and O–H groups in total. The Morgan fingerprint density at radius 3 is 1.98 bits per heavy atom. The lowest BCUT2D eigenvalue weighted by Crippen LogP contribution is -2.40. The number of hydrogen-bond acceptors (Lipinski definition) is 7. The van der Waals surface area contributed by atoms with Crippen molar-refractivity contribution < 1.29 is 0 Å².